The van der Waals surface area contributed by atoms with Gasteiger partial charge in [0.15, 0.2) is 0 Å². The maximum absolute atomic E-state index is 12.2. The standard InChI is InChI=1S/C12H15NO4/c14-4-8(5-15)13-11(16)9-6-1-2-7(3-6)10(9)12(13)17/h1-2,6-10,14-15H,3-5H2. The van der Waals surface area contributed by atoms with Crippen LogP contribution in [0.1, 0.15) is 6.42 Å². The largest absolute Gasteiger partial charge is 0.394 e. The Morgan fingerprint density at radius 2 is 1.59 bits per heavy atom. The SMILES string of the molecule is O=C1C2C3C=CC(C3)C2C(=O)N1C(CO)CO. The van der Waals surface area contributed by atoms with Gasteiger partial charge in [-0.1, -0.05) is 12.2 Å². The number of aliphatic hydroxyl groups excluding tert-OH is 2. The molecular formula is C12H15NO4. The molecular weight excluding hydrogens is 222 g/mol. The Balaban J connectivity index is 1.92. The van der Waals surface area contributed by atoms with Crippen LogP contribution in [-0.2, 0) is 9.59 Å². The summed E-state index contributed by atoms with van der Waals surface area (Å²) in [6.45, 7) is -0.758. The summed E-state index contributed by atoms with van der Waals surface area (Å²) in [6, 6.07) is -0.778. The number of rotatable bonds is 3. The number of hydrogen-bond acceptors (Lipinski definition) is 4. The number of imide groups is 1. The molecule has 0 aromatic heterocycles. The Morgan fingerprint density at radius 1 is 1.12 bits per heavy atom. The van der Waals surface area contributed by atoms with Crippen LogP contribution in [0.2, 0.25) is 0 Å². The Bertz CT molecular complexity index is 371. The van der Waals surface area contributed by atoms with E-state index in [0.29, 0.717) is 0 Å². The zero-order chi connectivity index (χ0) is 12.2. The van der Waals surface area contributed by atoms with Crippen molar-refractivity contribution in [2.75, 3.05) is 13.2 Å². The minimum Gasteiger partial charge on any atom is -0.394 e. The van der Waals surface area contributed by atoms with Gasteiger partial charge in [-0.2, -0.15) is 0 Å². The van der Waals surface area contributed by atoms with E-state index in [1.54, 1.807) is 0 Å². The third kappa shape index (κ3) is 1.26. The van der Waals surface area contributed by atoms with Gasteiger partial charge < -0.3 is 10.2 Å². The van der Waals surface area contributed by atoms with Crippen LogP contribution in [0.15, 0.2) is 12.2 Å². The molecule has 4 atom stereocenters. The topological polar surface area (TPSA) is 77.8 Å². The highest BCUT2D eigenvalue weighted by Gasteiger charge is 2.60. The maximum atomic E-state index is 12.2. The van der Waals surface area contributed by atoms with Gasteiger partial charge in [0.1, 0.15) is 0 Å². The van der Waals surface area contributed by atoms with Gasteiger partial charge >= 0.3 is 0 Å². The zero-order valence-corrected chi connectivity index (χ0v) is 9.32. The lowest BCUT2D eigenvalue weighted by Crippen LogP contribution is -2.45. The van der Waals surface area contributed by atoms with Crippen LogP contribution in [0.5, 0.6) is 0 Å². The molecule has 1 heterocycles. The molecule has 3 rings (SSSR count). The third-order valence-electron chi connectivity index (χ3n) is 4.29. The number of nitrogens with zero attached hydrogens (tertiary/aromatic N) is 1. The molecule has 4 unspecified atom stereocenters. The highest BCUT2D eigenvalue weighted by atomic mass is 16.3. The Kier molecular flexibility index (Phi) is 2.34. The van der Waals surface area contributed by atoms with Crippen LogP contribution in [-0.4, -0.2) is 46.2 Å². The first-order chi connectivity index (χ1) is 8.19. The summed E-state index contributed by atoms with van der Waals surface area (Å²) in [6.07, 6.45) is 4.93. The van der Waals surface area contributed by atoms with Crippen molar-refractivity contribution in [1.82, 2.24) is 4.90 Å². The molecule has 0 aromatic carbocycles. The fourth-order valence-electron chi connectivity index (χ4n) is 3.51. The predicted molar refractivity (Wildman–Crippen MR) is 57.5 cm³/mol. The van der Waals surface area contributed by atoms with Gasteiger partial charge in [0, 0.05) is 0 Å². The van der Waals surface area contributed by atoms with Crippen molar-refractivity contribution in [2.45, 2.75) is 12.5 Å². The average Bonchev–Trinajstić information content (AvgIpc) is 2.98. The van der Waals surface area contributed by atoms with Crippen molar-refractivity contribution in [2.24, 2.45) is 23.7 Å². The lowest BCUT2D eigenvalue weighted by molar-refractivity contribution is -0.145. The molecule has 2 N–H and O–H groups in total. The second-order valence-corrected chi connectivity index (χ2v) is 5.07. The monoisotopic (exact) mass is 237 g/mol. The second-order valence-electron chi connectivity index (χ2n) is 5.07. The molecule has 0 radical (unpaired) electrons. The van der Waals surface area contributed by atoms with E-state index in [4.69, 9.17) is 10.2 Å². The lowest BCUT2D eigenvalue weighted by atomic mass is 9.85. The van der Waals surface area contributed by atoms with Gasteiger partial charge in [0.25, 0.3) is 0 Å². The first kappa shape index (κ1) is 10.9. The highest BCUT2D eigenvalue weighted by molar-refractivity contribution is 6.06. The van der Waals surface area contributed by atoms with Crippen LogP contribution in [0, 0.1) is 23.7 Å². The van der Waals surface area contributed by atoms with Crippen molar-refractivity contribution in [3.8, 4) is 0 Å². The second kappa shape index (κ2) is 3.65. The van der Waals surface area contributed by atoms with E-state index in [2.05, 4.69) is 0 Å². The number of carbonyl (C=O) groups excluding carboxylic acids is 2. The van der Waals surface area contributed by atoms with Crippen LogP contribution < -0.4 is 0 Å². The molecule has 1 aliphatic heterocycles. The molecule has 2 aliphatic carbocycles. The van der Waals surface area contributed by atoms with Crippen molar-refractivity contribution in [3.63, 3.8) is 0 Å². The summed E-state index contributed by atoms with van der Waals surface area (Å²) in [5.74, 6) is -0.597. The normalized spacial score (nSPS) is 38.6. The van der Waals surface area contributed by atoms with Crippen LogP contribution in [0.25, 0.3) is 0 Å². The molecule has 0 spiro atoms. The van der Waals surface area contributed by atoms with Crippen molar-refractivity contribution in [3.05, 3.63) is 12.2 Å². The van der Waals surface area contributed by atoms with E-state index in [1.807, 2.05) is 12.2 Å². The molecule has 5 heteroatoms. The van der Waals surface area contributed by atoms with Gasteiger partial charge in [-0.25, -0.2) is 0 Å². The number of fused-ring (bicyclic) bond motifs is 5. The van der Waals surface area contributed by atoms with Crippen molar-refractivity contribution in [1.29, 1.82) is 0 Å². The molecule has 2 fully saturated rings. The molecule has 92 valence electrons. The van der Waals surface area contributed by atoms with E-state index in [9.17, 15) is 9.59 Å². The molecule has 3 aliphatic rings. The Hall–Kier alpha value is -1.20. The smallest absolute Gasteiger partial charge is 0.234 e. The molecule has 5 nitrogen and oxygen atoms in total. The number of carbonyl (C=O) groups is 2. The van der Waals surface area contributed by atoms with E-state index in [-0.39, 0.29) is 48.7 Å². The number of allylic oxidation sites excluding steroid dienone is 2. The van der Waals surface area contributed by atoms with Crippen molar-refractivity contribution >= 4 is 11.8 Å². The summed E-state index contributed by atoms with van der Waals surface area (Å²) in [4.78, 5) is 25.5. The first-order valence-electron chi connectivity index (χ1n) is 5.96. The van der Waals surface area contributed by atoms with Gasteiger partial charge in [-0.05, 0) is 18.3 Å². The van der Waals surface area contributed by atoms with Gasteiger partial charge in [0.05, 0.1) is 31.1 Å². The van der Waals surface area contributed by atoms with Gasteiger partial charge in [-0.3, -0.25) is 14.5 Å². The Morgan fingerprint density at radius 3 is 2.00 bits per heavy atom. The summed E-state index contributed by atoms with van der Waals surface area (Å²) < 4.78 is 0. The average molecular weight is 237 g/mol. The molecule has 0 aromatic rings. The van der Waals surface area contributed by atoms with Crippen molar-refractivity contribution < 1.29 is 19.8 Å². The predicted octanol–water partition coefficient (Wildman–Crippen LogP) is -0.853. The Labute approximate surface area is 98.7 Å². The lowest BCUT2D eigenvalue weighted by Gasteiger charge is -2.24. The van der Waals surface area contributed by atoms with Gasteiger partial charge in [-0.15, -0.1) is 0 Å². The number of aliphatic hydroxyl groups is 2. The minimum absolute atomic E-state index is 0.171. The quantitative estimate of drug-likeness (QED) is 0.495. The van der Waals surface area contributed by atoms with E-state index < -0.39 is 6.04 Å². The third-order valence-corrected chi connectivity index (χ3v) is 4.29. The fourth-order valence-corrected chi connectivity index (χ4v) is 3.51. The van der Waals surface area contributed by atoms with E-state index >= 15 is 0 Å². The van der Waals surface area contributed by atoms with Crippen LogP contribution in [0.4, 0.5) is 0 Å². The number of hydrogen-bond donors (Lipinski definition) is 2. The molecule has 17 heavy (non-hydrogen) atoms. The fraction of sp³-hybridized carbons (Fsp3) is 0.667. The minimum atomic E-state index is -0.778. The summed E-state index contributed by atoms with van der Waals surface area (Å²) in [5, 5.41) is 18.2. The summed E-state index contributed by atoms with van der Waals surface area (Å²) in [7, 11) is 0. The van der Waals surface area contributed by atoms with E-state index in [0.717, 1.165) is 11.3 Å². The molecule has 1 saturated heterocycles. The molecule has 1 saturated carbocycles. The van der Waals surface area contributed by atoms with E-state index in [1.165, 1.54) is 0 Å². The van der Waals surface area contributed by atoms with Crippen LogP contribution in [0.3, 0.4) is 0 Å². The number of amides is 2. The molecule has 2 bridgehead atoms. The number of likely N-dealkylation sites (tertiary alicyclic amines) is 1. The summed E-state index contributed by atoms with van der Waals surface area (Å²) in [5.41, 5.74) is 0. The van der Waals surface area contributed by atoms with Gasteiger partial charge in [0.2, 0.25) is 11.8 Å². The zero-order valence-electron chi connectivity index (χ0n) is 9.32. The highest BCUT2D eigenvalue weighted by Crippen LogP contribution is 2.52. The van der Waals surface area contributed by atoms with Crippen LogP contribution >= 0.6 is 0 Å². The maximum Gasteiger partial charge on any atom is 0.234 e. The molecule has 2 amide bonds. The summed E-state index contributed by atoms with van der Waals surface area (Å²) >= 11 is 0. The first-order valence-corrected chi connectivity index (χ1v) is 5.96.